The van der Waals surface area contributed by atoms with Crippen molar-refractivity contribution in [3.05, 3.63) is 64.7 Å². The summed E-state index contributed by atoms with van der Waals surface area (Å²) in [4.78, 5) is 12.9. The van der Waals surface area contributed by atoms with Crippen LogP contribution in [0.15, 0.2) is 42.5 Å². The van der Waals surface area contributed by atoms with Crippen LogP contribution in [0.4, 0.5) is 0 Å². The smallest absolute Gasteiger partial charge is 0.193 e. The molecule has 3 heteroatoms. The maximum Gasteiger partial charge on any atom is 0.193 e. The van der Waals surface area contributed by atoms with Crippen LogP contribution in [0.1, 0.15) is 47.8 Å². The summed E-state index contributed by atoms with van der Waals surface area (Å²) in [7, 11) is 0. The van der Waals surface area contributed by atoms with E-state index in [0.29, 0.717) is 23.5 Å². The van der Waals surface area contributed by atoms with Gasteiger partial charge in [-0.2, -0.15) is 0 Å². The van der Waals surface area contributed by atoms with E-state index in [-0.39, 0.29) is 17.3 Å². The molecule has 1 fully saturated rings. The minimum atomic E-state index is 0.0288. The average Bonchev–Trinajstić information content (AvgIpc) is 3.37. The second-order valence-corrected chi connectivity index (χ2v) is 7.40. The van der Waals surface area contributed by atoms with Gasteiger partial charge in [0.05, 0.1) is 6.61 Å². The lowest BCUT2D eigenvalue weighted by Gasteiger charge is -2.19. The van der Waals surface area contributed by atoms with Gasteiger partial charge in [0.25, 0.3) is 0 Å². The highest BCUT2D eigenvalue weighted by atomic mass is 16.6. The Labute approximate surface area is 143 Å². The van der Waals surface area contributed by atoms with Crippen molar-refractivity contribution in [2.45, 2.75) is 39.2 Å². The van der Waals surface area contributed by atoms with Crippen LogP contribution in [0, 0.1) is 6.92 Å². The van der Waals surface area contributed by atoms with Crippen LogP contribution in [0.3, 0.4) is 0 Å². The van der Waals surface area contributed by atoms with Gasteiger partial charge in [-0.3, -0.25) is 4.79 Å². The van der Waals surface area contributed by atoms with Gasteiger partial charge < -0.3 is 9.47 Å². The van der Waals surface area contributed by atoms with Crippen LogP contribution >= 0.6 is 0 Å². The fourth-order valence-electron chi connectivity index (χ4n) is 2.57. The van der Waals surface area contributed by atoms with E-state index < -0.39 is 0 Å². The van der Waals surface area contributed by atoms with Crippen LogP contribution in [0.2, 0.25) is 0 Å². The normalized spacial score (nSPS) is 16.8. The predicted octanol–water partition coefficient (Wildman–Crippen LogP) is 4.30. The molecule has 3 nitrogen and oxygen atoms in total. The van der Waals surface area contributed by atoms with Crippen LogP contribution in [0.25, 0.3) is 0 Å². The first-order valence-electron chi connectivity index (χ1n) is 8.35. The molecule has 2 aromatic carbocycles. The molecule has 3 rings (SSSR count). The fourth-order valence-corrected chi connectivity index (χ4v) is 2.57. The zero-order valence-electron chi connectivity index (χ0n) is 14.8. The predicted molar refractivity (Wildman–Crippen MR) is 95.0 cm³/mol. The van der Waals surface area contributed by atoms with E-state index in [9.17, 15) is 4.79 Å². The first-order valence-corrected chi connectivity index (χ1v) is 8.35. The molecule has 126 valence electrons. The van der Waals surface area contributed by atoms with Gasteiger partial charge in [0, 0.05) is 11.1 Å². The summed E-state index contributed by atoms with van der Waals surface area (Å²) in [5, 5.41) is 0. The molecule has 0 amide bonds. The molecular formula is C21H24O3. The Bertz CT molecular complexity index is 735. The summed E-state index contributed by atoms with van der Waals surface area (Å²) in [5.74, 6) is 0.742. The Morgan fingerprint density at radius 1 is 1.17 bits per heavy atom. The number of carbonyl (C=O) groups is 1. The second-order valence-electron chi connectivity index (χ2n) is 7.40. The summed E-state index contributed by atoms with van der Waals surface area (Å²) in [6, 6.07) is 13.6. The van der Waals surface area contributed by atoms with Crippen LogP contribution in [0.5, 0.6) is 5.75 Å². The Kier molecular flexibility index (Phi) is 4.46. The van der Waals surface area contributed by atoms with E-state index in [1.165, 1.54) is 5.56 Å². The average molecular weight is 324 g/mol. The Morgan fingerprint density at radius 3 is 2.42 bits per heavy atom. The number of ketones is 1. The van der Waals surface area contributed by atoms with E-state index in [1.54, 1.807) is 0 Å². The molecule has 1 heterocycles. The standard InChI is InChI=1S/C21H24O3/c1-14-5-10-17(23-12-18-13-24-18)11-19(14)20(22)15-6-8-16(9-7-15)21(2,3)4/h5-11,18H,12-13H2,1-4H3. The topological polar surface area (TPSA) is 38.8 Å². The van der Waals surface area contributed by atoms with Gasteiger partial charge in [-0.25, -0.2) is 0 Å². The highest BCUT2D eigenvalue weighted by Crippen LogP contribution is 2.25. The molecule has 0 aromatic heterocycles. The number of hydrogen-bond donors (Lipinski definition) is 0. The van der Waals surface area contributed by atoms with Crippen LogP contribution in [-0.4, -0.2) is 25.1 Å². The van der Waals surface area contributed by atoms with Crippen molar-refractivity contribution in [1.29, 1.82) is 0 Å². The van der Waals surface area contributed by atoms with Crippen molar-refractivity contribution in [2.75, 3.05) is 13.2 Å². The van der Waals surface area contributed by atoms with Gasteiger partial charge in [-0.05, 0) is 35.6 Å². The van der Waals surface area contributed by atoms with Gasteiger partial charge in [-0.1, -0.05) is 51.1 Å². The molecule has 1 aliphatic rings. The molecule has 24 heavy (non-hydrogen) atoms. The summed E-state index contributed by atoms with van der Waals surface area (Å²) < 4.78 is 10.8. The molecule has 0 bridgehead atoms. The molecule has 0 radical (unpaired) electrons. The van der Waals surface area contributed by atoms with Gasteiger partial charge in [0.15, 0.2) is 5.78 Å². The monoisotopic (exact) mass is 324 g/mol. The van der Waals surface area contributed by atoms with Crippen molar-refractivity contribution in [3.63, 3.8) is 0 Å². The third kappa shape index (κ3) is 3.85. The van der Waals surface area contributed by atoms with E-state index in [2.05, 4.69) is 20.8 Å². The number of rotatable bonds is 5. The number of benzene rings is 2. The second kappa shape index (κ2) is 6.40. The van der Waals surface area contributed by atoms with Gasteiger partial charge >= 0.3 is 0 Å². The van der Waals surface area contributed by atoms with E-state index >= 15 is 0 Å². The van der Waals surface area contributed by atoms with Gasteiger partial charge in [0.1, 0.15) is 18.5 Å². The SMILES string of the molecule is Cc1ccc(OCC2CO2)cc1C(=O)c1ccc(C(C)(C)C)cc1. The maximum absolute atomic E-state index is 12.9. The molecule has 2 aromatic rings. The quantitative estimate of drug-likeness (QED) is 0.608. The minimum absolute atomic E-state index is 0.0288. The Balaban J connectivity index is 1.81. The summed E-state index contributed by atoms with van der Waals surface area (Å²) >= 11 is 0. The highest BCUT2D eigenvalue weighted by molar-refractivity contribution is 6.10. The minimum Gasteiger partial charge on any atom is -0.491 e. The maximum atomic E-state index is 12.9. The molecule has 0 aliphatic carbocycles. The first kappa shape index (κ1) is 16.7. The lowest BCUT2D eigenvalue weighted by Crippen LogP contribution is -2.12. The number of epoxide rings is 1. The number of carbonyl (C=O) groups excluding carboxylic acids is 1. The number of hydrogen-bond acceptors (Lipinski definition) is 3. The molecule has 1 saturated heterocycles. The van der Waals surface area contributed by atoms with Crippen LogP contribution in [-0.2, 0) is 10.2 Å². The van der Waals surface area contributed by atoms with E-state index in [4.69, 9.17) is 9.47 Å². The lowest BCUT2D eigenvalue weighted by atomic mass is 9.86. The summed E-state index contributed by atoms with van der Waals surface area (Å²) in [6.07, 6.45) is 0.204. The van der Waals surface area contributed by atoms with E-state index in [1.807, 2.05) is 49.4 Å². The summed E-state index contributed by atoms with van der Waals surface area (Å²) in [5.41, 5.74) is 3.64. The van der Waals surface area contributed by atoms with E-state index in [0.717, 1.165) is 12.2 Å². The fraction of sp³-hybridized carbons (Fsp3) is 0.381. The first-order chi connectivity index (χ1) is 11.3. The molecule has 1 atom stereocenters. The van der Waals surface area contributed by atoms with Gasteiger partial charge in [0.2, 0.25) is 0 Å². The molecule has 0 N–H and O–H groups in total. The van der Waals surface area contributed by atoms with Crippen molar-refractivity contribution < 1.29 is 14.3 Å². The highest BCUT2D eigenvalue weighted by Gasteiger charge is 2.23. The molecule has 0 spiro atoms. The molecular weight excluding hydrogens is 300 g/mol. The zero-order valence-corrected chi connectivity index (χ0v) is 14.8. The van der Waals surface area contributed by atoms with Crippen molar-refractivity contribution in [1.82, 2.24) is 0 Å². The lowest BCUT2D eigenvalue weighted by molar-refractivity contribution is 0.103. The van der Waals surface area contributed by atoms with Crippen molar-refractivity contribution in [3.8, 4) is 5.75 Å². The third-order valence-corrected chi connectivity index (χ3v) is 4.31. The largest absolute Gasteiger partial charge is 0.491 e. The van der Waals surface area contributed by atoms with Crippen molar-refractivity contribution >= 4 is 5.78 Å². The third-order valence-electron chi connectivity index (χ3n) is 4.31. The van der Waals surface area contributed by atoms with Crippen LogP contribution < -0.4 is 4.74 Å². The molecule has 1 unspecified atom stereocenters. The molecule has 0 saturated carbocycles. The van der Waals surface area contributed by atoms with Crippen molar-refractivity contribution in [2.24, 2.45) is 0 Å². The van der Waals surface area contributed by atoms with Gasteiger partial charge in [-0.15, -0.1) is 0 Å². The summed E-state index contributed by atoms with van der Waals surface area (Å²) in [6.45, 7) is 9.74. The number of aryl methyl sites for hydroxylation is 1. The zero-order chi connectivity index (χ0) is 17.3. The number of ether oxygens (including phenoxy) is 2. The Morgan fingerprint density at radius 2 is 1.83 bits per heavy atom. The molecule has 1 aliphatic heterocycles. The Hall–Kier alpha value is -2.13.